The van der Waals surface area contributed by atoms with E-state index in [-0.39, 0.29) is 11.5 Å². The number of esters is 1. The highest BCUT2D eigenvalue weighted by Crippen LogP contribution is 2.27. The second-order valence-electron chi connectivity index (χ2n) is 4.53. The molecule has 0 atom stereocenters. The van der Waals surface area contributed by atoms with Crippen LogP contribution in [0.2, 0.25) is 0 Å². The monoisotopic (exact) mass is 336 g/mol. The summed E-state index contributed by atoms with van der Waals surface area (Å²) in [7, 11) is 4.11. The first-order valence-electron chi connectivity index (χ1n) is 6.89. The molecule has 0 bridgehead atoms. The lowest BCUT2D eigenvalue weighted by atomic mass is 10.1. The van der Waals surface area contributed by atoms with Crippen LogP contribution in [0.5, 0.6) is 5.88 Å². The van der Waals surface area contributed by atoms with Crippen molar-refractivity contribution in [3.05, 3.63) is 23.8 Å². The molecule has 130 valence electrons. The second-order valence-corrected chi connectivity index (χ2v) is 4.53. The second kappa shape index (κ2) is 9.23. The average Bonchev–Trinajstić information content (AvgIpc) is 2.57. The summed E-state index contributed by atoms with van der Waals surface area (Å²) in [4.78, 5) is 30.1. The Hall–Kier alpha value is -2.97. The van der Waals surface area contributed by atoms with Crippen molar-refractivity contribution < 1.29 is 23.9 Å². The van der Waals surface area contributed by atoms with Gasteiger partial charge in [-0.05, 0) is 20.8 Å². The Morgan fingerprint density at radius 2 is 1.79 bits per heavy atom. The summed E-state index contributed by atoms with van der Waals surface area (Å²) in [5, 5.41) is 7.69. The summed E-state index contributed by atoms with van der Waals surface area (Å²) in [6.07, 6.45) is 2.54. The van der Waals surface area contributed by atoms with E-state index in [1.54, 1.807) is 20.8 Å². The molecule has 24 heavy (non-hydrogen) atoms. The van der Waals surface area contributed by atoms with E-state index in [0.29, 0.717) is 22.7 Å². The zero-order valence-corrected chi connectivity index (χ0v) is 14.5. The Kier molecular flexibility index (Phi) is 7.34. The Morgan fingerprint density at radius 1 is 1.12 bits per heavy atom. The molecule has 1 aromatic heterocycles. The third-order valence-corrected chi connectivity index (χ3v) is 2.93. The van der Waals surface area contributed by atoms with Crippen LogP contribution in [-0.2, 0) is 19.1 Å². The molecule has 0 amide bonds. The molecule has 9 heteroatoms. The molecule has 9 nitrogen and oxygen atoms in total. The zero-order valence-electron chi connectivity index (χ0n) is 14.5. The predicted molar refractivity (Wildman–Crippen MR) is 87.6 cm³/mol. The first-order valence-corrected chi connectivity index (χ1v) is 6.89. The van der Waals surface area contributed by atoms with E-state index < -0.39 is 5.97 Å². The minimum Gasteiger partial charge on any atom is -0.503 e. The average molecular weight is 336 g/mol. The molecule has 0 aliphatic carbocycles. The number of methoxy groups -OCH3 is 2. The summed E-state index contributed by atoms with van der Waals surface area (Å²) in [6, 6.07) is 0. The number of carbonyl (C=O) groups is 1. The fraction of sp³-hybridized carbons (Fsp3) is 0.400. The Balaban J connectivity index is 3.30. The number of oxime groups is 2. The van der Waals surface area contributed by atoms with Gasteiger partial charge in [0.25, 0.3) is 5.88 Å². The van der Waals surface area contributed by atoms with Gasteiger partial charge in [0.1, 0.15) is 30.4 Å². The highest BCUT2D eigenvalue weighted by atomic mass is 16.6. The van der Waals surface area contributed by atoms with Gasteiger partial charge in [0.2, 0.25) is 0 Å². The minimum atomic E-state index is -0.613. The predicted octanol–water partition coefficient (Wildman–Crippen LogP) is 1.72. The molecule has 0 saturated carbocycles. The van der Waals surface area contributed by atoms with Crippen molar-refractivity contribution >= 4 is 23.0 Å². The molecule has 1 rings (SSSR count). The van der Waals surface area contributed by atoms with Crippen LogP contribution in [0.3, 0.4) is 0 Å². The topological polar surface area (TPSA) is 104 Å². The van der Waals surface area contributed by atoms with Crippen LogP contribution in [0.25, 0.3) is 5.57 Å². The summed E-state index contributed by atoms with van der Waals surface area (Å²) in [5.74, 6) is -0.529. The number of hydrogen-bond donors (Lipinski definition) is 0. The van der Waals surface area contributed by atoms with Gasteiger partial charge in [-0.3, -0.25) is 0 Å². The van der Waals surface area contributed by atoms with Gasteiger partial charge in [-0.2, -0.15) is 4.98 Å². The van der Waals surface area contributed by atoms with Gasteiger partial charge in [0, 0.05) is 0 Å². The molecule has 0 aliphatic rings. The van der Waals surface area contributed by atoms with Gasteiger partial charge in [-0.25, -0.2) is 9.78 Å². The van der Waals surface area contributed by atoms with Crippen LogP contribution in [0.1, 0.15) is 25.1 Å². The molecular weight excluding hydrogens is 316 g/mol. The molecule has 0 aromatic carbocycles. The van der Waals surface area contributed by atoms with E-state index in [1.807, 2.05) is 0 Å². The maximum atomic E-state index is 12.0. The molecule has 1 aromatic rings. The molecule has 0 saturated heterocycles. The third kappa shape index (κ3) is 4.77. The number of rotatable bonds is 7. The minimum absolute atomic E-state index is 0.0840. The third-order valence-electron chi connectivity index (χ3n) is 2.93. The number of aromatic nitrogens is 2. The van der Waals surface area contributed by atoms with Gasteiger partial charge in [0.05, 0.1) is 31.7 Å². The van der Waals surface area contributed by atoms with E-state index >= 15 is 0 Å². The van der Waals surface area contributed by atoms with Gasteiger partial charge in [0.15, 0.2) is 0 Å². The van der Waals surface area contributed by atoms with Gasteiger partial charge in [-0.15, -0.1) is 0 Å². The molecule has 0 fully saturated rings. The largest absolute Gasteiger partial charge is 0.503 e. The molecule has 0 N–H and O–H groups in total. The van der Waals surface area contributed by atoms with E-state index in [2.05, 4.69) is 25.1 Å². The number of aryl methyl sites for hydroxylation is 1. The molecule has 0 unspecified atom stereocenters. The standard InChI is InChI=1S/C15H20N4O5/c1-9(18-23-6)10(2)19-24-14-13(11(3)16-8-17-14)12(7-21-4)15(20)22-5/h7-8H,1-6H3/b12-7+,18-9+,19-10+. The van der Waals surface area contributed by atoms with Crippen LogP contribution in [0, 0.1) is 6.92 Å². The Bertz CT molecular complexity index is 682. The van der Waals surface area contributed by atoms with Gasteiger partial charge < -0.3 is 19.1 Å². The normalized spacial score (nSPS) is 12.7. The van der Waals surface area contributed by atoms with Crippen molar-refractivity contribution in [2.45, 2.75) is 20.8 Å². The van der Waals surface area contributed by atoms with Crippen LogP contribution in [-0.4, -0.2) is 48.7 Å². The summed E-state index contributed by atoms with van der Waals surface area (Å²) >= 11 is 0. The number of nitrogens with zero attached hydrogens (tertiary/aromatic N) is 4. The van der Waals surface area contributed by atoms with Crippen molar-refractivity contribution in [1.82, 2.24) is 9.97 Å². The van der Waals surface area contributed by atoms with E-state index in [0.717, 1.165) is 0 Å². The van der Waals surface area contributed by atoms with Crippen molar-refractivity contribution in [2.24, 2.45) is 10.3 Å². The molecule has 0 aliphatic heterocycles. The lowest BCUT2D eigenvalue weighted by Gasteiger charge is -2.11. The zero-order chi connectivity index (χ0) is 18.1. The number of ether oxygens (including phenoxy) is 2. The van der Waals surface area contributed by atoms with Crippen molar-refractivity contribution in [1.29, 1.82) is 0 Å². The smallest absolute Gasteiger partial charge is 0.341 e. The fourth-order valence-electron chi connectivity index (χ4n) is 1.65. The molecule has 0 radical (unpaired) electrons. The summed E-state index contributed by atoms with van der Waals surface area (Å²) in [6.45, 7) is 5.10. The number of hydrogen-bond acceptors (Lipinski definition) is 9. The molecular formula is C15H20N4O5. The van der Waals surface area contributed by atoms with Crippen LogP contribution in [0.15, 0.2) is 22.9 Å². The van der Waals surface area contributed by atoms with E-state index in [1.165, 1.54) is 33.9 Å². The summed E-state index contributed by atoms with van der Waals surface area (Å²) in [5.41, 5.74) is 1.95. The Labute approximate surface area is 140 Å². The van der Waals surface area contributed by atoms with Crippen LogP contribution >= 0.6 is 0 Å². The van der Waals surface area contributed by atoms with Crippen molar-refractivity contribution in [3.63, 3.8) is 0 Å². The van der Waals surface area contributed by atoms with Crippen LogP contribution in [0.4, 0.5) is 0 Å². The Morgan fingerprint density at radius 3 is 2.38 bits per heavy atom. The highest BCUT2D eigenvalue weighted by Gasteiger charge is 2.22. The van der Waals surface area contributed by atoms with Crippen molar-refractivity contribution in [3.8, 4) is 5.88 Å². The van der Waals surface area contributed by atoms with Gasteiger partial charge in [-0.1, -0.05) is 10.3 Å². The van der Waals surface area contributed by atoms with Gasteiger partial charge >= 0.3 is 5.97 Å². The molecule has 0 spiro atoms. The lowest BCUT2D eigenvalue weighted by molar-refractivity contribution is -0.133. The fourth-order valence-corrected chi connectivity index (χ4v) is 1.65. The van der Waals surface area contributed by atoms with E-state index in [4.69, 9.17) is 14.3 Å². The van der Waals surface area contributed by atoms with Crippen molar-refractivity contribution in [2.75, 3.05) is 21.3 Å². The maximum absolute atomic E-state index is 12.0. The quantitative estimate of drug-likeness (QED) is 0.245. The highest BCUT2D eigenvalue weighted by molar-refractivity contribution is 6.40. The number of carbonyl (C=O) groups excluding carboxylic acids is 1. The lowest BCUT2D eigenvalue weighted by Crippen LogP contribution is -2.11. The van der Waals surface area contributed by atoms with E-state index in [9.17, 15) is 4.79 Å². The first kappa shape index (κ1) is 19.1. The maximum Gasteiger partial charge on any atom is 0.341 e. The SMILES string of the molecule is CO/C=C(/C(=O)OC)c1c(C)ncnc1O/N=C(C)/C(C)=N/OC. The van der Waals surface area contributed by atoms with Crippen LogP contribution < -0.4 is 4.84 Å². The molecule has 1 heterocycles. The summed E-state index contributed by atoms with van der Waals surface area (Å²) < 4.78 is 9.70. The first-order chi connectivity index (χ1) is 11.5.